The summed E-state index contributed by atoms with van der Waals surface area (Å²) in [4.78, 5) is 0. The summed E-state index contributed by atoms with van der Waals surface area (Å²) < 4.78 is 25.8. The molecular formula is C12H21F2N. The topological polar surface area (TPSA) is 12.0 Å². The van der Waals surface area contributed by atoms with Gasteiger partial charge in [-0.1, -0.05) is 12.8 Å². The van der Waals surface area contributed by atoms with Crippen molar-refractivity contribution in [2.45, 2.75) is 63.3 Å². The first-order chi connectivity index (χ1) is 7.16. The van der Waals surface area contributed by atoms with Gasteiger partial charge < -0.3 is 5.32 Å². The zero-order valence-corrected chi connectivity index (χ0v) is 9.27. The quantitative estimate of drug-likeness (QED) is 0.764. The number of hydrogen-bond donors (Lipinski definition) is 1. The average molecular weight is 217 g/mol. The van der Waals surface area contributed by atoms with Crippen LogP contribution in [0.25, 0.3) is 0 Å². The molecule has 1 N–H and O–H groups in total. The van der Waals surface area contributed by atoms with Gasteiger partial charge in [0.05, 0.1) is 0 Å². The second-order valence-corrected chi connectivity index (χ2v) is 5.19. The Labute approximate surface area is 90.6 Å². The molecule has 0 unspecified atom stereocenters. The third kappa shape index (κ3) is 3.40. The molecule has 0 atom stereocenters. The second-order valence-electron chi connectivity index (χ2n) is 5.19. The van der Waals surface area contributed by atoms with Crippen molar-refractivity contribution in [1.29, 1.82) is 0 Å². The van der Waals surface area contributed by atoms with Crippen LogP contribution in [-0.2, 0) is 0 Å². The Bertz CT molecular complexity index is 190. The molecule has 0 radical (unpaired) electrons. The summed E-state index contributed by atoms with van der Waals surface area (Å²) in [5.41, 5.74) is 0. The minimum absolute atomic E-state index is 0.101. The first kappa shape index (κ1) is 11.3. The molecule has 2 saturated carbocycles. The summed E-state index contributed by atoms with van der Waals surface area (Å²) in [5, 5.41) is 3.53. The number of alkyl halides is 2. The van der Waals surface area contributed by atoms with Crippen LogP contribution in [0.5, 0.6) is 0 Å². The van der Waals surface area contributed by atoms with E-state index < -0.39 is 5.92 Å². The molecule has 0 aromatic carbocycles. The lowest BCUT2D eigenvalue weighted by molar-refractivity contribution is -0.0456. The maximum absolute atomic E-state index is 12.9. The van der Waals surface area contributed by atoms with Crippen LogP contribution in [0.1, 0.15) is 51.4 Å². The molecule has 1 nitrogen and oxygen atoms in total. The molecule has 0 aromatic rings. The van der Waals surface area contributed by atoms with Crippen molar-refractivity contribution in [2.24, 2.45) is 5.92 Å². The van der Waals surface area contributed by atoms with E-state index in [1.165, 1.54) is 25.7 Å². The van der Waals surface area contributed by atoms with Crippen molar-refractivity contribution >= 4 is 0 Å². The molecule has 3 heteroatoms. The van der Waals surface area contributed by atoms with Crippen LogP contribution >= 0.6 is 0 Å². The largest absolute Gasteiger partial charge is 0.314 e. The van der Waals surface area contributed by atoms with Crippen LogP contribution in [0.2, 0.25) is 0 Å². The molecule has 2 aliphatic carbocycles. The molecule has 0 aliphatic heterocycles. The molecule has 88 valence electrons. The first-order valence-electron chi connectivity index (χ1n) is 6.27. The maximum Gasteiger partial charge on any atom is 0.248 e. The van der Waals surface area contributed by atoms with E-state index in [4.69, 9.17) is 0 Å². The highest BCUT2D eigenvalue weighted by atomic mass is 19.3. The van der Waals surface area contributed by atoms with E-state index in [1.54, 1.807) is 0 Å². The summed E-state index contributed by atoms with van der Waals surface area (Å²) in [5.74, 6) is -1.88. The Morgan fingerprint density at radius 3 is 2.20 bits per heavy atom. The summed E-state index contributed by atoms with van der Waals surface area (Å²) in [6.45, 7) is 0.959. The number of nitrogens with one attached hydrogen (secondary N) is 1. The lowest BCUT2D eigenvalue weighted by atomic mass is 9.86. The molecule has 2 fully saturated rings. The fourth-order valence-corrected chi connectivity index (χ4v) is 2.77. The van der Waals surface area contributed by atoms with Crippen LogP contribution < -0.4 is 5.32 Å². The highest BCUT2D eigenvalue weighted by Gasteiger charge is 2.34. The van der Waals surface area contributed by atoms with Gasteiger partial charge in [-0.3, -0.25) is 0 Å². The zero-order chi connectivity index (χ0) is 10.7. The molecule has 2 rings (SSSR count). The summed E-state index contributed by atoms with van der Waals surface area (Å²) in [6, 6.07) is 0.674. The fourth-order valence-electron chi connectivity index (χ4n) is 2.77. The van der Waals surface area contributed by atoms with Crippen molar-refractivity contribution in [3.05, 3.63) is 0 Å². The van der Waals surface area contributed by atoms with Crippen LogP contribution in [0.15, 0.2) is 0 Å². The third-order valence-electron chi connectivity index (χ3n) is 3.89. The van der Waals surface area contributed by atoms with Gasteiger partial charge in [-0.15, -0.1) is 0 Å². The minimum Gasteiger partial charge on any atom is -0.314 e. The van der Waals surface area contributed by atoms with Gasteiger partial charge in [0.2, 0.25) is 5.92 Å². The standard InChI is InChI=1S/C12H21F2N/c13-12(14)7-5-10(6-8-12)9-15-11-3-1-2-4-11/h10-11,15H,1-9H2. The third-order valence-corrected chi connectivity index (χ3v) is 3.89. The van der Waals surface area contributed by atoms with Gasteiger partial charge in [0, 0.05) is 18.9 Å². The summed E-state index contributed by atoms with van der Waals surface area (Å²) in [6.07, 6.45) is 6.83. The predicted octanol–water partition coefficient (Wildman–Crippen LogP) is 3.34. The zero-order valence-electron chi connectivity index (χ0n) is 9.27. The normalized spacial score (nSPS) is 28.4. The minimum atomic E-state index is -2.37. The van der Waals surface area contributed by atoms with Gasteiger partial charge in [0.25, 0.3) is 0 Å². The maximum atomic E-state index is 12.9. The monoisotopic (exact) mass is 217 g/mol. The van der Waals surface area contributed by atoms with Crippen LogP contribution in [0.3, 0.4) is 0 Å². The molecule has 0 saturated heterocycles. The molecule has 0 spiro atoms. The van der Waals surface area contributed by atoms with Gasteiger partial charge in [-0.25, -0.2) is 8.78 Å². The van der Waals surface area contributed by atoms with E-state index in [2.05, 4.69) is 5.32 Å². The Morgan fingerprint density at radius 2 is 1.60 bits per heavy atom. The van der Waals surface area contributed by atoms with Gasteiger partial charge >= 0.3 is 0 Å². The Morgan fingerprint density at radius 1 is 1.00 bits per heavy atom. The van der Waals surface area contributed by atoms with Gasteiger partial charge in [-0.05, 0) is 38.1 Å². The van der Waals surface area contributed by atoms with Crippen molar-refractivity contribution in [3.8, 4) is 0 Å². The van der Waals surface area contributed by atoms with E-state index >= 15 is 0 Å². The van der Waals surface area contributed by atoms with Gasteiger partial charge in [-0.2, -0.15) is 0 Å². The molecule has 0 amide bonds. The van der Waals surface area contributed by atoms with E-state index in [9.17, 15) is 8.78 Å². The van der Waals surface area contributed by atoms with Crippen LogP contribution in [0, 0.1) is 5.92 Å². The smallest absolute Gasteiger partial charge is 0.248 e. The van der Waals surface area contributed by atoms with Crippen molar-refractivity contribution in [3.63, 3.8) is 0 Å². The second kappa shape index (κ2) is 4.77. The SMILES string of the molecule is FC1(F)CCC(CNC2CCCC2)CC1. The molecule has 0 aromatic heterocycles. The predicted molar refractivity (Wildman–Crippen MR) is 57.2 cm³/mol. The fraction of sp³-hybridized carbons (Fsp3) is 1.00. The molecule has 0 heterocycles. The Hall–Kier alpha value is -0.180. The number of hydrogen-bond acceptors (Lipinski definition) is 1. The number of rotatable bonds is 3. The lowest BCUT2D eigenvalue weighted by Gasteiger charge is -2.29. The first-order valence-corrected chi connectivity index (χ1v) is 6.27. The molecule has 2 aliphatic rings. The van der Waals surface area contributed by atoms with E-state index in [1.807, 2.05) is 0 Å². The Kier molecular flexibility index (Phi) is 3.60. The number of halogens is 2. The van der Waals surface area contributed by atoms with Crippen LogP contribution in [-0.4, -0.2) is 18.5 Å². The van der Waals surface area contributed by atoms with Gasteiger partial charge in [0.15, 0.2) is 0 Å². The molecule has 15 heavy (non-hydrogen) atoms. The molecular weight excluding hydrogens is 196 g/mol. The lowest BCUT2D eigenvalue weighted by Crippen LogP contribution is -2.35. The Balaban J connectivity index is 1.64. The van der Waals surface area contributed by atoms with Gasteiger partial charge in [0.1, 0.15) is 0 Å². The van der Waals surface area contributed by atoms with E-state index in [0.29, 0.717) is 24.8 Å². The van der Waals surface area contributed by atoms with Crippen molar-refractivity contribution in [1.82, 2.24) is 5.32 Å². The average Bonchev–Trinajstić information content (AvgIpc) is 2.69. The van der Waals surface area contributed by atoms with Crippen molar-refractivity contribution < 1.29 is 8.78 Å². The summed E-state index contributed by atoms with van der Waals surface area (Å²) in [7, 11) is 0. The van der Waals surface area contributed by atoms with Crippen LogP contribution in [0.4, 0.5) is 8.78 Å². The summed E-state index contributed by atoms with van der Waals surface area (Å²) >= 11 is 0. The molecule has 0 bridgehead atoms. The highest BCUT2D eigenvalue weighted by molar-refractivity contribution is 4.81. The highest BCUT2D eigenvalue weighted by Crippen LogP contribution is 2.35. The van der Waals surface area contributed by atoms with E-state index in [-0.39, 0.29) is 12.8 Å². The van der Waals surface area contributed by atoms with Crippen molar-refractivity contribution in [2.75, 3.05) is 6.54 Å². The van der Waals surface area contributed by atoms with E-state index in [0.717, 1.165) is 6.54 Å².